The van der Waals surface area contributed by atoms with E-state index in [4.69, 9.17) is 11.6 Å². The molecule has 0 radical (unpaired) electrons. The molecule has 0 spiro atoms. The highest BCUT2D eigenvalue weighted by Crippen LogP contribution is 2.22. The van der Waals surface area contributed by atoms with E-state index in [0.717, 1.165) is 18.0 Å². The molecule has 1 atom stereocenters. The molecule has 2 aromatic heterocycles. The number of nitrogens with zero attached hydrogens (tertiary/aromatic N) is 4. The van der Waals surface area contributed by atoms with Crippen LogP contribution in [0.2, 0.25) is 5.28 Å². The Kier molecular flexibility index (Phi) is 5.08. The van der Waals surface area contributed by atoms with E-state index in [9.17, 15) is 0 Å². The zero-order chi connectivity index (χ0) is 14.5. The highest BCUT2D eigenvalue weighted by atomic mass is 35.5. The maximum absolute atomic E-state index is 5.91. The van der Waals surface area contributed by atoms with Gasteiger partial charge in [-0.15, -0.1) is 11.3 Å². The molecule has 108 valence electrons. The Morgan fingerprint density at radius 3 is 2.70 bits per heavy atom. The molecule has 0 aliphatic rings. The summed E-state index contributed by atoms with van der Waals surface area (Å²) in [7, 11) is 0. The predicted molar refractivity (Wildman–Crippen MR) is 82.5 cm³/mol. The van der Waals surface area contributed by atoms with E-state index in [1.54, 1.807) is 11.3 Å². The molecule has 0 aliphatic heterocycles. The molecule has 2 aromatic rings. The zero-order valence-corrected chi connectivity index (χ0v) is 13.2. The van der Waals surface area contributed by atoms with Crippen LogP contribution in [0.25, 0.3) is 0 Å². The SMILES string of the molecule is CCCNc1nc(Cl)nc(NC(C)c2ncc(C)s2)n1. The number of thiazole rings is 1. The lowest BCUT2D eigenvalue weighted by molar-refractivity contribution is 0.840. The molecule has 0 amide bonds. The maximum atomic E-state index is 5.91. The van der Waals surface area contributed by atoms with Crippen LogP contribution in [-0.4, -0.2) is 26.5 Å². The number of aromatic nitrogens is 4. The summed E-state index contributed by atoms with van der Waals surface area (Å²) in [6, 6.07) is 0.0196. The van der Waals surface area contributed by atoms with Crippen LogP contribution in [0.15, 0.2) is 6.20 Å². The summed E-state index contributed by atoms with van der Waals surface area (Å²) in [4.78, 5) is 17.9. The first-order valence-corrected chi connectivity index (χ1v) is 7.62. The largest absolute Gasteiger partial charge is 0.354 e. The number of halogens is 1. The van der Waals surface area contributed by atoms with E-state index in [0.29, 0.717) is 11.9 Å². The van der Waals surface area contributed by atoms with E-state index in [-0.39, 0.29) is 11.3 Å². The first-order chi connectivity index (χ1) is 9.58. The molecule has 2 N–H and O–H groups in total. The molecule has 0 bridgehead atoms. The van der Waals surface area contributed by atoms with Gasteiger partial charge in [0.2, 0.25) is 17.2 Å². The Morgan fingerprint density at radius 1 is 1.30 bits per heavy atom. The smallest absolute Gasteiger partial charge is 0.229 e. The molecule has 0 aromatic carbocycles. The molecule has 20 heavy (non-hydrogen) atoms. The van der Waals surface area contributed by atoms with E-state index < -0.39 is 0 Å². The van der Waals surface area contributed by atoms with Crippen LogP contribution in [0.4, 0.5) is 11.9 Å². The summed E-state index contributed by atoms with van der Waals surface area (Å²) in [6.07, 6.45) is 2.84. The Labute approximate surface area is 127 Å². The fourth-order valence-corrected chi connectivity index (χ4v) is 2.49. The third-order valence-corrected chi connectivity index (χ3v) is 3.76. The maximum Gasteiger partial charge on any atom is 0.229 e. The minimum absolute atomic E-state index is 0.0196. The summed E-state index contributed by atoms with van der Waals surface area (Å²) in [5.74, 6) is 0.931. The van der Waals surface area contributed by atoms with Crippen molar-refractivity contribution < 1.29 is 0 Å². The van der Waals surface area contributed by atoms with Gasteiger partial charge < -0.3 is 10.6 Å². The highest BCUT2D eigenvalue weighted by molar-refractivity contribution is 7.11. The molecule has 2 heterocycles. The van der Waals surface area contributed by atoms with Gasteiger partial charge in [-0.3, -0.25) is 0 Å². The summed E-state index contributed by atoms with van der Waals surface area (Å²) in [6.45, 7) is 6.90. The van der Waals surface area contributed by atoms with Crippen molar-refractivity contribution in [2.75, 3.05) is 17.2 Å². The van der Waals surface area contributed by atoms with Crippen molar-refractivity contribution in [2.24, 2.45) is 0 Å². The average Bonchev–Trinajstić information content (AvgIpc) is 2.82. The molecule has 0 fully saturated rings. The third-order valence-electron chi connectivity index (χ3n) is 2.50. The molecule has 0 aliphatic carbocycles. The third kappa shape index (κ3) is 4.01. The van der Waals surface area contributed by atoms with Crippen molar-refractivity contribution >= 4 is 34.8 Å². The van der Waals surface area contributed by atoms with Crippen LogP contribution in [0.5, 0.6) is 0 Å². The molecule has 0 saturated carbocycles. The van der Waals surface area contributed by atoms with Gasteiger partial charge in [0.15, 0.2) is 0 Å². The average molecular weight is 313 g/mol. The van der Waals surface area contributed by atoms with Crippen LogP contribution >= 0.6 is 22.9 Å². The van der Waals surface area contributed by atoms with Gasteiger partial charge >= 0.3 is 0 Å². The normalized spacial score (nSPS) is 12.2. The lowest BCUT2D eigenvalue weighted by Crippen LogP contribution is -2.12. The number of hydrogen-bond donors (Lipinski definition) is 2. The van der Waals surface area contributed by atoms with E-state index in [2.05, 4.69) is 37.5 Å². The fraction of sp³-hybridized carbons (Fsp3) is 0.500. The fourth-order valence-electron chi connectivity index (χ4n) is 1.56. The van der Waals surface area contributed by atoms with E-state index in [1.165, 1.54) is 4.88 Å². The molecular weight excluding hydrogens is 296 g/mol. The Balaban J connectivity index is 2.10. The van der Waals surface area contributed by atoms with Gasteiger partial charge in [-0.1, -0.05) is 6.92 Å². The quantitative estimate of drug-likeness (QED) is 0.852. The van der Waals surface area contributed by atoms with Gasteiger partial charge in [0.25, 0.3) is 0 Å². The van der Waals surface area contributed by atoms with Crippen molar-refractivity contribution in [3.8, 4) is 0 Å². The molecular formula is C12H17ClN6S. The highest BCUT2D eigenvalue weighted by Gasteiger charge is 2.12. The predicted octanol–water partition coefficient (Wildman–Crippen LogP) is 3.28. The summed E-state index contributed by atoms with van der Waals surface area (Å²) < 4.78 is 0. The first-order valence-electron chi connectivity index (χ1n) is 6.42. The number of rotatable bonds is 6. The van der Waals surface area contributed by atoms with Gasteiger partial charge in [-0.05, 0) is 31.9 Å². The summed E-state index contributed by atoms with van der Waals surface area (Å²) in [5, 5.41) is 7.44. The van der Waals surface area contributed by atoms with Crippen molar-refractivity contribution in [2.45, 2.75) is 33.2 Å². The molecule has 6 nitrogen and oxygen atoms in total. The number of nitrogens with one attached hydrogen (secondary N) is 2. The Bertz CT molecular complexity index is 573. The van der Waals surface area contributed by atoms with Crippen LogP contribution in [0.1, 0.15) is 36.2 Å². The number of aryl methyl sites for hydroxylation is 1. The Morgan fingerprint density at radius 2 is 2.05 bits per heavy atom. The number of hydrogen-bond acceptors (Lipinski definition) is 7. The lowest BCUT2D eigenvalue weighted by Gasteiger charge is -2.12. The monoisotopic (exact) mass is 312 g/mol. The zero-order valence-electron chi connectivity index (χ0n) is 11.6. The van der Waals surface area contributed by atoms with E-state index in [1.807, 2.05) is 20.0 Å². The second-order valence-electron chi connectivity index (χ2n) is 4.35. The topological polar surface area (TPSA) is 75.6 Å². The lowest BCUT2D eigenvalue weighted by atomic mass is 10.4. The van der Waals surface area contributed by atoms with Crippen molar-refractivity contribution in [3.05, 3.63) is 21.4 Å². The van der Waals surface area contributed by atoms with Crippen LogP contribution in [0.3, 0.4) is 0 Å². The van der Waals surface area contributed by atoms with Gasteiger partial charge in [0, 0.05) is 17.6 Å². The molecule has 2 rings (SSSR count). The van der Waals surface area contributed by atoms with Gasteiger partial charge in [-0.25, -0.2) is 4.98 Å². The van der Waals surface area contributed by atoms with Gasteiger partial charge in [-0.2, -0.15) is 15.0 Å². The Hall–Kier alpha value is -1.47. The second kappa shape index (κ2) is 6.81. The molecule has 8 heteroatoms. The number of anilines is 2. The molecule has 0 saturated heterocycles. The van der Waals surface area contributed by atoms with E-state index >= 15 is 0 Å². The second-order valence-corrected chi connectivity index (χ2v) is 5.96. The van der Waals surface area contributed by atoms with Crippen LogP contribution in [0, 0.1) is 6.92 Å². The summed E-state index contributed by atoms with van der Waals surface area (Å²) in [5.41, 5.74) is 0. The minimum atomic E-state index is 0.0196. The standard InChI is InChI=1S/C12H17ClN6S/c1-4-5-14-11-17-10(13)18-12(19-11)16-8(3)9-15-6-7(2)20-9/h6,8H,4-5H2,1-3H3,(H2,14,16,17,18,19). The van der Waals surface area contributed by atoms with Gasteiger partial charge in [0.05, 0.1) is 6.04 Å². The van der Waals surface area contributed by atoms with Crippen molar-refractivity contribution in [1.29, 1.82) is 0 Å². The van der Waals surface area contributed by atoms with Crippen LogP contribution in [-0.2, 0) is 0 Å². The first kappa shape index (κ1) is 14.9. The summed E-state index contributed by atoms with van der Waals surface area (Å²) >= 11 is 7.55. The van der Waals surface area contributed by atoms with Crippen molar-refractivity contribution in [1.82, 2.24) is 19.9 Å². The minimum Gasteiger partial charge on any atom is -0.354 e. The van der Waals surface area contributed by atoms with Gasteiger partial charge in [0.1, 0.15) is 5.01 Å². The molecule has 1 unspecified atom stereocenters. The van der Waals surface area contributed by atoms with Crippen molar-refractivity contribution in [3.63, 3.8) is 0 Å². The van der Waals surface area contributed by atoms with Crippen LogP contribution < -0.4 is 10.6 Å².